The first-order chi connectivity index (χ1) is 10.8. The Labute approximate surface area is 144 Å². The van der Waals surface area contributed by atoms with E-state index < -0.39 is 17.3 Å². The highest BCUT2D eigenvalue weighted by Gasteiger charge is 2.32. The van der Waals surface area contributed by atoms with Gasteiger partial charge in [-0.2, -0.15) is 10.1 Å². The molecule has 0 atom stereocenters. The van der Waals surface area contributed by atoms with Crippen molar-refractivity contribution in [3.63, 3.8) is 0 Å². The van der Waals surface area contributed by atoms with Crippen LogP contribution in [0.2, 0.25) is 0 Å². The molecule has 1 aromatic carbocycles. The van der Waals surface area contributed by atoms with Gasteiger partial charge in [-0.15, -0.1) is 12.4 Å². The molecule has 24 heavy (non-hydrogen) atoms. The molecule has 7 nitrogen and oxygen atoms in total. The van der Waals surface area contributed by atoms with Crippen molar-refractivity contribution in [2.75, 3.05) is 13.2 Å². The predicted molar refractivity (Wildman–Crippen MR) is 88.8 cm³/mol. The maximum atomic E-state index is 13.0. The Kier molecular flexibility index (Phi) is 6.73. The van der Waals surface area contributed by atoms with Gasteiger partial charge >= 0.3 is 0 Å². The third kappa shape index (κ3) is 4.93. The third-order valence-electron chi connectivity index (χ3n) is 2.99. The van der Waals surface area contributed by atoms with E-state index in [2.05, 4.69) is 9.98 Å². The quantitative estimate of drug-likeness (QED) is 0.750. The molecular weight excluding hydrogens is 344 g/mol. The number of nitrogens with two attached hydrogens (primary N) is 2. The molecule has 0 saturated heterocycles. The first-order valence-electron chi connectivity index (χ1n) is 7.00. The minimum absolute atomic E-state index is 0. The Hall–Kier alpha value is -2.13. The number of ether oxygens (including phenoxy) is 1. The molecule has 0 bridgehead atoms. The van der Waals surface area contributed by atoms with Gasteiger partial charge < -0.3 is 16.2 Å². The second-order valence-corrected chi connectivity index (χ2v) is 5.34. The van der Waals surface area contributed by atoms with Crippen LogP contribution in [-0.4, -0.2) is 35.9 Å². The Balaban J connectivity index is 0.00000288. The van der Waals surface area contributed by atoms with Crippen molar-refractivity contribution in [2.24, 2.45) is 21.5 Å². The lowest BCUT2D eigenvalue weighted by Gasteiger charge is -2.36. The van der Waals surface area contributed by atoms with Crippen LogP contribution < -0.4 is 16.2 Å². The van der Waals surface area contributed by atoms with Crippen molar-refractivity contribution in [1.82, 2.24) is 5.06 Å². The first kappa shape index (κ1) is 19.9. The second-order valence-electron chi connectivity index (χ2n) is 5.34. The Morgan fingerprint density at radius 3 is 2.50 bits per heavy atom. The smallest absolute Gasteiger partial charge is 0.226 e. The fraction of sp³-hybridized carbons (Fsp3) is 0.429. The summed E-state index contributed by atoms with van der Waals surface area (Å²) in [6.45, 7) is 4.10. The lowest BCUT2D eigenvalue weighted by atomic mass is 10.2. The van der Waals surface area contributed by atoms with E-state index >= 15 is 0 Å². The van der Waals surface area contributed by atoms with Crippen molar-refractivity contribution < 1.29 is 18.4 Å². The highest BCUT2D eigenvalue weighted by atomic mass is 35.5. The zero-order valence-electron chi connectivity index (χ0n) is 13.3. The van der Waals surface area contributed by atoms with Crippen LogP contribution in [0.4, 0.5) is 8.78 Å². The van der Waals surface area contributed by atoms with Crippen LogP contribution in [0.15, 0.2) is 28.2 Å². The number of hydrogen-bond donors (Lipinski definition) is 2. The van der Waals surface area contributed by atoms with E-state index in [1.807, 2.05) is 0 Å². The lowest BCUT2D eigenvalue weighted by molar-refractivity contribution is -0.158. The number of hydroxylamine groups is 2. The van der Waals surface area contributed by atoms with Crippen LogP contribution >= 0.6 is 12.4 Å². The van der Waals surface area contributed by atoms with Gasteiger partial charge in [0.1, 0.15) is 5.75 Å². The van der Waals surface area contributed by atoms with E-state index in [9.17, 15) is 8.78 Å². The molecule has 1 aliphatic heterocycles. The molecule has 0 aromatic heterocycles. The average molecular weight is 364 g/mol. The number of guanidine groups is 2. The van der Waals surface area contributed by atoms with Crippen molar-refractivity contribution in [3.8, 4) is 5.75 Å². The first-order valence-corrected chi connectivity index (χ1v) is 7.00. The number of nitrogens with zero attached hydrogens (tertiary/aromatic N) is 3. The predicted octanol–water partition coefficient (Wildman–Crippen LogP) is 1.77. The minimum Gasteiger partial charge on any atom is -0.493 e. The van der Waals surface area contributed by atoms with Crippen LogP contribution in [0.5, 0.6) is 5.75 Å². The molecule has 0 fully saturated rings. The Morgan fingerprint density at radius 2 is 1.88 bits per heavy atom. The summed E-state index contributed by atoms with van der Waals surface area (Å²) in [4.78, 5) is 13.5. The van der Waals surface area contributed by atoms with Gasteiger partial charge in [-0.1, -0.05) is 0 Å². The standard InChI is InChI=1S/C14H19F2N5O2.ClH/c1-14(2)20-12(17)19-13(18)21(14)23-7-3-6-22-9-4-5-10(15)11(16)8-9;/h4-5,8H,3,6-7H2,1-2H3,(H4,17,18,19,20);1H. The summed E-state index contributed by atoms with van der Waals surface area (Å²) >= 11 is 0. The number of hydrogen-bond acceptors (Lipinski definition) is 7. The van der Waals surface area contributed by atoms with Crippen LogP contribution in [0.3, 0.4) is 0 Å². The maximum absolute atomic E-state index is 13.0. The summed E-state index contributed by atoms with van der Waals surface area (Å²) in [6, 6.07) is 3.36. The van der Waals surface area contributed by atoms with E-state index in [1.165, 1.54) is 11.1 Å². The summed E-state index contributed by atoms with van der Waals surface area (Å²) in [6.07, 6.45) is 0.498. The zero-order valence-corrected chi connectivity index (χ0v) is 14.1. The topological polar surface area (TPSA) is 98.5 Å². The van der Waals surface area contributed by atoms with E-state index in [1.54, 1.807) is 13.8 Å². The van der Waals surface area contributed by atoms with Gasteiger partial charge in [-0.25, -0.2) is 13.8 Å². The highest BCUT2D eigenvalue weighted by molar-refractivity contribution is 5.95. The molecule has 134 valence electrons. The van der Waals surface area contributed by atoms with Gasteiger partial charge in [0.15, 0.2) is 17.3 Å². The van der Waals surface area contributed by atoms with Gasteiger partial charge in [-0.3, -0.25) is 4.84 Å². The van der Waals surface area contributed by atoms with E-state index in [4.69, 9.17) is 21.0 Å². The summed E-state index contributed by atoms with van der Waals surface area (Å²) in [5, 5.41) is 1.36. The molecule has 1 aromatic rings. The second kappa shape index (κ2) is 8.11. The van der Waals surface area contributed by atoms with Crippen LogP contribution in [0.1, 0.15) is 20.3 Å². The molecule has 0 aliphatic carbocycles. The molecule has 1 heterocycles. The number of aliphatic imine (C=N–C) groups is 2. The molecule has 1 aliphatic rings. The third-order valence-corrected chi connectivity index (χ3v) is 2.99. The zero-order chi connectivity index (χ0) is 17.0. The molecular formula is C14H20ClF2N5O2. The molecule has 0 saturated carbocycles. The molecule has 4 N–H and O–H groups in total. The van der Waals surface area contributed by atoms with E-state index in [-0.39, 0.29) is 43.3 Å². The van der Waals surface area contributed by atoms with E-state index in [0.717, 1.165) is 12.1 Å². The normalized spacial score (nSPS) is 16.1. The number of benzene rings is 1. The minimum atomic E-state index is -0.951. The highest BCUT2D eigenvalue weighted by Crippen LogP contribution is 2.20. The molecule has 0 amide bonds. The summed E-state index contributed by atoms with van der Waals surface area (Å²) in [7, 11) is 0. The summed E-state index contributed by atoms with van der Waals surface area (Å²) in [5.74, 6) is -1.41. The monoisotopic (exact) mass is 363 g/mol. The summed E-state index contributed by atoms with van der Waals surface area (Å²) in [5.41, 5.74) is 10.5. The number of rotatable bonds is 6. The largest absolute Gasteiger partial charge is 0.493 e. The fourth-order valence-electron chi connectivity index (χ4n) is 1.99. The van der Waals surface area contributed by atoms with Crippen molar-refractivity contribution >= 4 is 24.3 Å². The maximum Gasteiger partial charge on any atom is 0.226 e. The van der Waals surface area contributed by atoms with Gasteiger partial charge in [0.05, 0.1) is 13.2 Å². The molecule has 0 spiro atoms. The van der Waals surface area contributed by atoms with Crippen molar-refractivity contribution in [2.45, 2.75) is 25.9 Å². The van der Waals surface area contributed by atoms with Crippen molar-refractivity contribution in [1.29, 1.82) is 0 Å². The van der Waals surface area contributed by atoms with E-state index in [0.29, 0.717) is 6.42 Å². The Morgan fingerprint density at radius 1 is 1.17 bits per heavy atom. The lowest BCUT2D eigenvalue weighted by Crippen LogP contribution is -2.53. The SMILES string of the molecule is CC1(C)N=C(N)N=C(N)N1OCCCOc1ccc(F)c(F)c1.Cl. The Bertz CT molecular complexity index is 640. The number of halogens is 3. The molecule has 0 radical (unpaired) electrons. The van der Waals surface area contributed by atoms with Crippen molar-refractivity contribution in [3.05, 3.63) is 29.8 Å². The average Bonchev–Trinajstić information content (AvgIpc) is 2.44. The molecule has 10 heteroatoms. The molecule has 2 rings (SSSR count). The van der Waals surface area contributed by atoms with Gasteiger partial charge in [-0.05, 0) is 26.0 Å². The van der Waals surface area contributed by atoms with Gasteiger partial charge in [0, 0.05) is 12.5 Å². The van der Waals surface area contributed by atoms with Gasteiger partial charge in [0.2, 0.25) is 11.9 Å². The molecule has 0 unspecified atom stereocenters. The van der Waals surface area contributed by atoms with Crippen LogP contribution in [-0.2, 0) is 4.84 Å². The van der Waals surface area contributed by atoms with Crippen LogP contribution in [0, 0.1) is 11.6 Å². The fourth-order valence-corrected chi connectivity index (χ4v) is 1.99. The summed E-state index contributed by atoms with van der Waals surface area (Å²) < 4.78 is 31.1. The van der Waals surface area contributed by atoms with Gasteiger partial charge in [0.25, 0.3) is 0 Å². The van der Waals surface area contributed by atoms with Crippen LogP contribution in [0.25, 0.3) is 0 Å².